The Morgan fingerprint density at radius 1 is 1.25 bits per heavy atom. The summed E-state index contributed by atoms with van der Waals surface area (Å²) in [6.07, 6.45) is 1.88. The Balaban J connectivity index is 2.07. The lowest BCUT2D eigenvalue weighted by atomic mass is 10.0. The second-order valence-corrected chi connectivity index (χ2v) is 5.19. The van der Waals surface area contributed by atoms with Gasteiger partial charge >= 0.3 is 6.03 Å². The lowest BCUT2D eigenvalue weighted by molar-refractivity contribution is 0.189. The quantitative estimate of drug-likeness (QED) is 0.923. The molecule has 0 saturated carbocycles. The van der Waals surface area contributed by atoms with Crippen LogP contribution in [0.5, 0.6) is 0 Å². The summed E-state index contributed by atoms with van der Waals surface area (Å²) in [5, 5.41) is 0. The fourth-order valence-electron chi connectivity index (χ4n) is 2.86. The topological polar surface area (TPSA) is 49.6 Å². The first-order valence-electron chi connectivity index (χ1n) is 7.15. The Labute approximate surface area is 119 Å². The molecular formula is C15H22FN3O. The van der Waals surface area contributed by atoms with Crippen LogP contribution in [0, 0.1) is 5.82 Å². The van der Waals surface area contributed by atoms with Crippen LogP contribution in [0.3, 0.4) is 0 Å². The van der Waals surface area contributed by atoms with Crippen LogP contribution in [0.4, 0.5) is 9.18 Å². The highest BCUT2D eigenvalue weighted by atomic mass is 19.1. The highest BCUT2D eigenvalue weighted by Crippen LogP contribution is 2.25. The van der Waals surface area contributed by atoms with E-state index >= 15 is 0 Å². The Kier molecular flexibility index (Phi) is 4.95. The van der Waals surface area contributed by atoms with Crippen molar-refractivity contribution in [3.63, 3.8) is 0 Å². The minimum absolute atomic E-state index is 0.209. The first-order chi connectivity index (χ1) is 9.61. The van der Waals surface area contributed by atoms with Crippen LogP contribution in [-0.2, 0) is 0 Å². The maximum absolute atomic E-state index is 13.0. The van der Waals surface area contributed by atoms with Crippen LogP contribution in [-0.4, -0.2) is 42.0 Å². The Hall–Kier alpha value is -1.62. The van der Waals surface area contributed by atoms with Crippen molar-refractivity contribution in [1.29, 1.82) is 0 Å². The Bertz CT molecular complexity index is 449. The van der Waals surface area contributed by atoms with Gasteiger partial charge in [0, 0.05) is 32.2 Å². The zero-order valence-corrected chi connectivity index (χ0v) is 11.9. The average Bonchev–Trinajstić information content (AvgIpc) is 2.68. The molecular weight excluding hydrogens is 257 g/mol. The highest BCUT2D eigenvalue weighted by molar-refractivity contribution is 5.71. The molecule has 1 aromatic carbocycles. The van der Waals surface area contributed by atoms with Gasteiger partial charge in [0.25, 0.3) is 0 Å². The van der Waals surface area contributed by atoms with Gasteiger partial charge in [-0.25, -0.2) is 9.18 Å². The minimum atomic E-state index is -0.346. The molecule has 2 rings (SSSR count). The highest BCUT2D eigenvalue weighted by Gasteiger charge is 2.23. The van der Waals surface area contributed by atoms with E-state index < -0.39 is 0 Å². The zero-order valence-electron chi connectivity index (χ0n) is 11.9. The molecule has 1 fully saturated rings. The van der Waals surface area contributed by atoms with Gasteiger partial charge in [-0.1, -0.05) is 19.1 Å². The third-order valence-corrected chi connectivity index (χ3v) is 3.92. The van der Waals surface area contributed by atoms with Crippen LogP contribution in [0.2, 0.25) is 0 Å². The molecule has 4 nitrogen and oxygen atoms in total. The average molecular weight is 279 g/mol. The van der Waals surface area contributed by atoms with Gasteiger partial charge in [-0.05, 0) is 30.5 Å². The lowest BCUT2D eigenvalue weighted by Gasteiger charge is -2.30. The van der Waals surface area contributed by atoms with Gasteiger partial charge < -0.3 is 10.6 Å². The predicted octanol–water partition coefficient (Wildman–Crippen LogP) is 2.36. The molecule has 0 aromatic heterocycles. The normalized spacial score (nSPS) is 18.6. The molecule has 0 spiro atoms. The van der Waals surface area contributed by atoms with Crippen molar-refractivity contribution in [1.82, 2.24) is 9.80 Å². The number of rotatable bonds is 3. The molecule has 0 bridgehead atoms. The molecule has 110 valence electrons. The van der Waals surface area contributed by atoms with Gasteiger partial charge in [-0.2, -0.15) is 0 Å². The molecule has 2 N–H and O–H groups in total. The summed E-state index contributed by atoms with van der Waals surface area (Å²) in [6.45, 7) is 5.24. The van der Waals surface area contributed by atoms with Crippen LogP contribution in [0.25, 0.3) is 0 Å². The molecule has 2 amide bonds. The number of carbonyl (C=O) groups excluding carboxylic acids is 1. The van der Waals surface area contributed by atoms with E-state index in [4.69, 9.17) is 5.73 Å². The molecule has 1 aliphatic heterocycles. The third kappa shape index (κ3) is 3.48. The van der Waals surface area contributed by atoms with Gasteiger partial charge in [-0.15, -0.1) is 0 Å². The monoisotopic (exact) mass is 279 g/mol. The Morgan fingerprint density at radius 2 is 1.95 bits per heavy atom. The minimum Gasteiger partial charge on any atom is -0.351 e. The maximum atomic E-state index is 13.0. The lowest BCUT2D eigenvalue weighted by Crippen LogP contribution is -2.39. The SMILES string of the molecule is CCC(c1ccc(F)cc1)N1CCCN(C(N)=O)CC1. The predicted molar refractivity (Wildman–Crippen MR) is 76.8 cm³/mol. The van der Waals surface area contributed by atoms with E-state index in [1.165, 1.54) is 12.1 Å². The number of nitrogens with two attached hydrogens (primary N) is 1. The van der Waals surface area contributed by atoms with Crippen LogP contribution >= 0.6 is 0 Å². The number of carbonyl (C=O) groups is 1. The second kappa shape index (κ2) is 6.70. The van der Waals surface area contributed by atoms with Crippen LogP contribution in [0.1, 0.15) is 31.4 Å². The standard InChI is InChI=1S/C15H22FN3O/c1-2-14(12-4-6-13(16)7-5-12)18-8-3-9-19(11-10-18)15(17)20/h4-7,14H,2-3,8-11H2,1H3,(H2,17,20). The molecule has 1 aromatic rings. The molecule has 1 aliphatic rings. The van der Waals surface area contributed by atoms with E-state index in [0.29, 0.717) is 13.1 Å². The number of benzene rings is 1. The van der Waals surface area contributed by atoms with Gasteiger partial charge in [-0.3, -0.25) is 4.90 Å². The summed E-state index contributed by atoms with van der Waals surface area (Å²) in [5.74, 6) is -0.209. The van der Waals surface area contributed by atoms with Crippen molar-refractivity contribution in [2.24, 2.45) is 5.73 Å². The molecule has 1 atom stereocenters. The van der Waals surface area contributed by atoms with E-state index in [0.717, 1.165) is 31.5 Å². The summed E-state index contributed by atoms with van der Waals surface area (Å²) in [7, 11) is 0. The van der Waals surface area contributed by atoms with E-state index in [2.05, 4.69) is 11.8 Å². The molecule has 5 heteroatoms. The number of halogens is 1. The van der Waals surface area contributed by atoms with Crippen molar-refractivity contribution in [3.8, 4) is 0 Å². The van der Waals surface area contributed by atoms with E-state index in [9.17, 15) is 9.18 Å². The summed E-state index contributed by atoms with van der Waals surface area (Å²) in [4.78, 5) is 15.3. The van der Waals surface area contributed by atoms with Gasteiger partial charge in [0.1, 0.15) is 5.82 Å². The molecule has 20 heavy (non-hydrogen) atoms. The molecule has 0 aliphatic carbocycles. The largest absolute Gasteiger partial charge is 0.351 e. The fraction of sp³-hybridized carbons (Fsp3) is 0.533. The summed E-state index contributed by atoms with van der Waals surface area (Å²) in [5.41, 5.74) is 6.47. The van der Waals surface area contributed by atoms with Crippen molar-refractivity contribution in [3.05, 3.63) is 35.6 Å². The molecule has 0 radical (unpaired) electrons. The molecule has 1 saturated heterocycles. The summed E-state index contributed by atoms with van der Waals surface area (Å²) in [6, 6.07) is 6.63. The summed E-state index contributed by atoms with van der Waals surface area (Å²) >= 11 is 0. The number of amides is 2. The second-order valence-electron chi connectivity index (χ2n) is 5.19. The smallest absolute Gasteiger partial charge is 0.314 e. The van der Waals surface area contributed by atoms with Crippen molar-refractivity contribution < 1.29 is 9.18 Å². The number of hydrogen-bond donors (Lipinski definition) is 1. The first kappa shape index (κ1) is 14.8. The number of urea groups is 1. The number of hydrogen-bond acceptors (Lipinski definition) is 2. The van der Waals surface area contributed by atoms with Gasteiger partial charge in [0.05, 0.1) is 0 Å². The van der Waals surface area contributed by atoms with Crippen molar-refractivity contribution >= 4 is 6.03 Å². The van der Waals surface area contributed by atoms with E-state index in [1.54, 1.807) is 4.90 Å². The number of primary amides is 1. The molecule has 1 unspecified atom stereocenters. The first-order valence-corrected chi connectivity index (χ1v) is 7.15. The zero-order chi connectivity index (χ0) is 14.5. The van der Waals surface area contributed by atoms with Crippen molar-refractivity contribution in [2.75, 3.05) is 26.2 Å². The fourth-order valence-corrected chi connectivity index (χ4v) is 2.86. The summed E-state index contributed by atoms with van der Waals surface area (Å²) < 4.78 is 13.0. The van der Waals surface area contributed by atoms with Gasteiger partial charge in [0.15, 0.2) is 0 Å². The van der Waals surface area contributed by atoms with Gasteiger partial charge in [0.2, 0.25) is 0 Å². The number of nitrogens with zero attached hydrogens (tertiary/aromatic N) is 2. The Morgan fingerprint density at radius 3 is 2.55 bits per heavy atom. The van der Waals surface area contributed by atoms with Crippen molar-refractivity contribution in [2.45, 2.75) is 25.8 Å². The van der Waals surface area contributed by atoms with E-state index in [1.807, 2.05) is 12.1 Å². The molecule has 1 heterocycles. The third-order valence-electron chi connectivity index (χ3n) is 3.92. The van der Waals surface area contributed by atoms with Crippen LogP contribution < -0.4 is 5.73 Å². The maximum Gasteiger partial charge on any atom is 0.314 e. The van der Waals surface area contributed by atoms with Crippen LogP contribution in [0.15, 0.2) is 24.3 Å². The van der Waals surface area contributed by atoms with E-state index in [-0.39, 0.29) is 17.9 Å².